The van der Waals surface area contributed by atoms with Crippen LogP contribution in [0.4, 0.5) is 0 Å². The number of carbonyl (C=O) groups excluding carboxylic acids is 1. The van der Waals surface area contributed by atoms with Crippen molar-refractivity contribution in [3.05, 3.63) is 59.8 Å². The summed E-state index contributed by atoms with van der Waals surface area (Å²) in [5.74, 6) is 1.21. The Bertz CT molecular complexity index is 1210. The highest BCUT2D eigenvalue weighted by molar-refractivity contribution is 8.00. The number of Topliss-reactive ketones (excluding diaryl/α,β-unsaturated/α-hetero) is 1. The lowest BCUT2D eigenvalue weighted by Crippen LogP contribution is -2.06. The number of carbonyl (C=O) groups is 1. The number of benzene rings is 1. The van der Waals surface area contributed by atoms with Crippen LogP contribution < -0.4 is 4.74 Å². The standard InChI is InChI=1S/C22H23N5O2S/c1-5-29-17-8-6-16(7-9-17)27-14(2)10-18(15(27)3)20(28)12-30-22-19-11-25-26(4)21(19)23-13-24-22/h6-11,13H,5,12H2,1-4H3. The lowest BCUT2D eigenvalue weighted by atomic mass is 10.2. The maximum absolute atomic E-state index is 13.0. The average Bonchev–Trinajstić information content (AvgIpc) is 3.27. The molecule has 0 atom stereocenters. The second kappa shape index (κ2) is 8.31. The van der Waals surface area contributed by atoms with E-state index in [4.69, 9.17) is 4.74 Å². The molecule has 4 aromatic rings. The molecule has 0 amide bonds. The van der Waals surface area contributed by atoms with E-state index in [1.807, 2.05) is 58.2 Å². The van der Waals surface area contributed by atoms with Crippen molar-refractivity contribution in [2.75, 3.05) is 12.4 Å². The van der Waals surface area contributed by atoms with Gasteiger partial charge in [0, 0.05) is 29.7 Å². The van der Waals surface area contributed by atoms with Gasteiger partial charge in [0.2, 0.25) is 0 Å². The molecule has 154 valence electrons. The zero-order chi connectivity index (χ0) is 21.3. The average molecular weight is 422 g/mol. The predicted octanol–water partition coefficient (Wildman–Crippen LogP) is 4.14. The van der Waals surface area contributed by atoms with Gasteiger partial charge in [-0.2, -0.15) is 5.10 Å². The molecule has 0 saturated heterocycles. The van der Waals surface area contributed by atoms with Gasteiger partial charge in [0.05, 0.1) is 23.9 Å². The van der Waals surface area contributed by atoms with Crippen LogP contribution in [0.3, 0.4) is 0 Å². The third-order valence-electron chi connectivity index (χ3n) is 4.97. The number of fused-ring (bicyclic) bond motifs is 1. The summed E-state index contributed by atoms with van der Waals surface area (Å²) in [6, 6.07) is 9.86. The number of hydrogen-bond donors (Lipinski definition) is 0. The smallest absolute Gasteiger partial charge is 0.174 e. The molecular weight excluding hydrogens is 398 g/mol. The van der Waals surface area contributed by atoms with E-state index in [1.165, 1.54) is 18.1 Å². The summed E-state index contributed by atoms with van der Waals surface area (Å²) < 4.78 is 9.32. The van der Waals surface area contributed by atoms with Crippen LogP contribution in [0.5, 0.6) is 5.75 Å². The summed E-state index contributed by atoms with van der Waals surface area (Å²) in [4.78, 5) is 21.6. The van der Waals surface area contributed by atoms with Gasteiger partial charge in [-0.3, -0.25) is 9.48 Å². The summed E-state index contributed by atoms with van der Waals surface area (Å²) in [6.45, 7) is 6.59. The van der Waals surface area contributed by atoms with Gasteiger partial charge >= 0.3 is 0 Å². The number of ether oxygens (including phenoxy) is 1. The second-order valence-electron chi connectivity index (χ2n) is 6.94. The van der Waals surface area contributed by atoms with Gasteiger partial charge in [-0.1, -0.05) is 11.8 Å². The first kappa shape index (κ1) is 20.2. The van der Waals surface area contributed by atoms with Crippen LogP contribution in [0.15, 0.2) is 47.9 Å². The largest absolute Gasteiger partial charge is 0.494 e. The fraction of sp³-hybridized carbons (Fsp3) is 0.273. The zero-order valence-corrected chi connectivity index (χ0v) is 18.2. The SMILES string of the molecule is CCOc1ccc(-n2c(C)cc(C(=O)CSc3ncnc4c3cnn4C)c2C)cc1. The molecule has 7 nitrogen and oxygen atoms in total. The van der Waals surface area contributed by atoms with Crippen LogP contribution in [0.25, 0.3) is 16.7 Å². The summed E-state index contributed by atoms with van der Waals surface area (Å²) >= 11 is 1.41. The molecule has 30 heavy (non-hydrogen) atoms. The minimum Gasteiger partial charge on any atom is -0.494 e. The normalized spacial score (nSPS) is 11.2. The molecule has 8 heteroatoms. The van der Waals surface area contributed by atoms with Crippen molar-refractivity contribution in [1.82, 2.24) is 24.3 Å². The Hall–Kier alpha value is -3.13. The van der Waals surface area contributed by atoms with E-state index in [-0.39, 0.29) is 5.78 Å². The third kappa shape index (κ3) is 3.70. The van der Waals surface area contributed by atoms with Crippen molar-refractivity contribution in [1.29, 1.82) is 0 Å². The Morgan fingerprint density at radius 2 is 1.93 bits per heavy atom. The maximum atomic E-state index is 13.0. The Balaban J connectivity index is 1.55. The number of nitrogens with zero attached hydrogens (tertiary/aromatic N) is 5. The summed E-state index contributed by atoms with van der Waals surface area (Å²) in [5, 5.41) is 5.85. The Kier molecular flexibility index (Phi) is 5.59. The number of thioether (sulfide) groups is 1. The summed E-state index contributed by atoms with van der Waals surface area (Å²) in [7, 11) is 1.84. The van der Waals surface area contributed by atoms with E-state index in [2.05, 4.69) is 19.6 Å². The van der Waals surface area contributed by atoms with E-state index >= 15 is 0 Å². The molecule has 1 aromatic carbocycles. The van der Waals surface area contributed by atoms with Gasteiger partial charge in [-0.05, 0) is 51.1 Å². The molecule has 0 spiro atoms. The molecule has 0 bridgehead atoms. The van der Waals surface area contributed by atoms with Crippen LogP contribution >= 0.6 is 11.8 Å². The van der Waals surface area contributed by atoms with Gasteiger partial charge in [0.25, 0.3) is 0 Å². The van der Waals surface area contributed by atoms with Crippen molar-refractivity contribution >= 4 is 28.6 Å². The third-order valence-corrected chi connectivity index (χ3v) is 5.98. The monoisotopic (exact) mass is 421 g/mol. The van der Waals surface area contributed by atoms with Crippen molar-refractivity contribution in [2.45, 2.75) is 25.8 Å². The van der Waals surface area contributed by atoms with Crippen LogP contribution in [0.2, 0.25) is 0 Å². The van der Waals surface area contributed by atoms with Gasteiger partial charge in [-0.15, -0.1) is 0 Å². The molecule has 0 unspecified atom stereocenters. The summed E-state index contributed by atoms with van der Waals surface area (Å²) in [6.07, 6.45) is 3.24. The number of aromatic nitrogens is 5. The minimum absolute atomic E-state index is 0.0703. The molecule has 0 aliphatic rings. The zero-order valence-electron chi connectivity index (χ0n) is 17.4. The first-order chi connectivity index (χ1) is 14.5. The van der Waals surface area contributed by atoms with E-state index < -0.39 is 0 Å². The predicted molar refractivity (Wildman–Crippen MR) is 118 cm³/mol. The van der Waals surface area contributed by atoms with Gasteiger partial charge in [0.15, 0.2) is 11.4 Å². The van der Waals surface area contributed by atoms with E-state index in [0.717, 1.165) is 44.4 Å². The van der Waals surface area contributed by atoms with Gasteiger partial charge in [0.1, 0.15) is 17.1 Å². The number of aryl methyl sites for hydroxylation is 2. The highest BCUT2D eigenvalue weighted by atomic mass is 32.2. The maximum Gasteiger partial charge on any atom is 0.174 e. The van der Waals surface area contributed by atoms with E-state index in [0.29, 0.717) is 12.4 Å². The first-order valence-electron chi connectivity index (χ1n) is 9.70. The highest BCUT2D eigenvalue weighted by Crippen LogP contribution is 2.27. The van der Waals surface area contributed by atoms with Crippen molar-refractivity contribution in [3.8, 4) is 11.4 Å². The lowest BCUT2D eigenvalue weighted by molar-refractivity contribution is 0.102. The molecule has 3 heterocycles. The number of rotatable bonds is 7. The van der Waals surface area contributed by atoms with E-state index in [9.17, 15) is 4.79 Å². The van der Waals surface area contributed by atoms with Crippen LogP contribution in [0.1, 0.15) is 28.7 Å². The molecule has 0 saturated carbocycles. The van der Waals surface area contributed by atoms with E-state index in [1.54, 1.807) is 10.9 Å². The molecule has 0 radical (unpaired) electrons. The molecule has 0 aliphatic heterocycles. The van der Waals surface area contributed by atoms with Gasteiger partial charge < -0.3 is 9.30 Å². The Morgan fingerprint density at radius 1 is 1.17 bits per heavy atom. The van der Waals surface area contributed by atoms with Crippen molar-refractivity contribution < 1.29 is 9.53 Å². The fourth-order valence-corrected chi connectivity index (χ4v) is 4.41. The number of ketones is 1. The molecule has 0 N–H and O–H groups in total. The van der Waals surface area contributed by atoms with Crippen molar-refractivity contribution in [3.63, 3.8) is 0 Å². The molecule has 4 rings (SSSR count). The van der Waals surface area contributed by atoms with Crippen LogP contribution in [-0.4, -0.2) is 42.5 Å². The van der Waals surface area contributed by atoms with Gasteiger partial charge in [-0.25, -0.2) is 9.97 Å². The first-order valence-corrected chi connectivity index (χ1v) is 10.7. The Labute approximate surface area is 179 Å². The fourth-order valence-electron chi connectivity index (χ4n) is 3.57. The summed E-state index contributed by atoms with van der Waals surface area (Å²) in [5.41, 5.74) is 4.44. The second-order valence-corrected chi connectivity index (χ2v) is 7.91. The highest BCUT2D eigenvalue weighted by Gasteiger charge is 2.18. The van der Waals surface area contributed by atoms with Crippen molar-refractivity contribution in [2.24, 2.45) is 7.05 Å². The minimum atomic E-state index is 0.0703. The Morgan fingerprint density at radius 3 is 2.67 bits per heavy atom. The quantitative estimate of drug-likeness (QED) is 0.254. The molecule has 3 aromatic heterocycles. The van der Waals surface area contributed by atoms with Crippen LogP contribution in [-0.2, 0) is 7.05 Å². The lowest BCUT2D eigenvalue weighted by Gasteiger charge is -2.11. The topological polar surface area (TPSA) is 74.8 Å². The van der Waals surface area contributed by atoms with Crippen LogP contribution in [0, 0.1) is 13.8 Å². The molecule has 0 fully saturated rings. The number of hydrogen-bond acceptors (Lipinski definition) is 6. The molecular formula is C22H23N5O2S. The molecule has 0 aliphatic carbocycles.